The van der Waals surface area contributed by atoms with Crippen LogP contribution >= 0.6 is 0 Å². The molecular formula is C18H28N2O. The Labute approximate surface area is 127 Å². The van der Waals surface area contributed by atoms with Crippen molar-refractivity contribution in [3.8, 4) is 0 Å². The fraction of sp³-hybridized carbons (Fsp3) is 0.667. The van der Waals surface area contributed by atoms with Crippen molar-refractivity contribution in [2.24, 2.45) is 11.7 Å². The molecule has 0 bridgehead atoms. The molecule has 2 aliphatic rings. The van der Waals surface area contributed by atoms with E-state index in [1.165, 1.54) is 17.5 Å². The lowest BCUT2D eigenvalue weighted by molar-refractivity contribution is -0.0107. The number of benzene rings is 1. The van der Waals surface area contributed by atoms with E-state index in [0.29, 0.717) is 12.6 Å². The zero-order valence-electron chi connectivity index (χ0n) is 13.0. The summed E-state index contributed by atoms with van der Waals surface area (Å²) in [7, 11) is 0. The standard InChI is InChI=1S/C18H28N2O/c1-2-13-7-9-18(21,10-8-13)12-20-17-11-16(19)14-5-3-4-6-15(14)17/h3-6,13,16-17,20-21H,2,7-12,19H2,1H3. The van der Waals surface area contributed by atoms with Crippen LogP contribution < -0.4 is 11.1 Å². The molecule has 3 rings (SSSR count). The molecule has 0 radical (unpaired) electrons. The van der Waals surface area contributed by atoms with Crippen LogP contribution in [-0.4, -0.2) is 17.3 Å². The first-order valence-electron chi connectivity index (χ1n) is 8.41. The second-order valence-corrected chi connectivity index (χ2v) is 6.98. The van der Waals surface area contributed by atoms with Crippen LogP contribution in [0.15, 0.2) is 24.3 Å². The maximum absolute atomic E-state index is 10.8. The minimum atomic E-state index is -0.521. The summed E-state index contributed by atoms with van der Waals surface area (Å²) in [5.41, 5.74) is 8.27. The summed E-state index contributed by atoms with van der Waals surface area (Å²) in [6.45, 7) is 2.94. The molecule has 1 aromatic rings. The van der Waals surface area contributed by atoms with E-state index in [1.807, 2.05) is 0 Å². The zero-order chi connectivity index (χ0) is 14.9. The Bertz CT molecular complexity index is 480. The number of fused-ring (bicyclic) bond motifs is 1. The summed E-state index contributed by atoms with van der Waals surface area (Å²) < 4.78 is 0. The largest absolute Gasteiger partial charge is 0.389 e. The Morgan fingerprint density at radius 1 is 1.24 bits per heavy atom. The second kappa shape index (κ2) is 6.07. The number of nitrogens with two attached hydrogens (primary N) is 1. The molecule has 0 heterocycles. The molecule has 4 N–H and O–H groups in total. The van der Waals surface area contributed by atoms with Gasteiger partial charge >= 0.3 is 0 Å². The van der Waals surface area contributed by atoms with Gasteiger partial charge in [0.2, 0.25) is 0 Å². The minimum Gasteiger partial charge on any atom is -0.389 e. The summed E-state index contributed by atoms with van der Waals surface area (Å²) in [6.07, 6.45) is 6.37. The molecule has 1 saturated carbocycles. The molecule has 0 amide bonds. The van der Waals surface area contributed by atoms with Crippen LogP contribution in [0.4, 0.5) is 0 Å². The molecule has 3 nitrogen and oxygen atoms in total. The predicted octanol–water partition coefficient (Wildman–Crippen LogP) is 3.05. The van der Waals surface area contributed by atoms with E-state index in [9.17, 15) is 5.11 Å². The third-order valence-corrected chi connectivity index (χ3v) is 5.55. The first-order chi connectivity index (χ1) is 10.1. The summed E-state index contributed by atoms with van der Waals surface area (Å²) in [6, 6.07) is 8.85. The van der Waals surface area contributed by atoms with Crippen molar-refractivity contribution in [2.75, 3.05) is 6.54 Å². The molecule has 0 saturated heterocycles. The van der Waals surface area contributed by atoms with E-state index in [2.05, 4.69) is 36.5 Å². The lowest BCUT2D eigenvalue weighted by Crippen LogP contribution is -2.44. The summed E-state index contributed by atoms with van der Waals surface area (Å²) in [5.74, 6) is 0.811. The van der Waals surface area contributed by atoms with Crippen LogP contribution in [0.5, 0.6) is 0 Å². The van der Waals surface area contributed by atoms with Gasteiger partial charge in [0.05, 0.1) is 5.60 Å². The van der Waals surface area contributed by atoms with E-state index >= 15 is 0 Å². The first-order valence-corrected chi connectivity index (χ1v) is 8.41. The molecule has 21 heavy (non-hydrogen) atoms. The molecule has 1 fully saturated rings. The average Bonchev–Trinajstić information content (AvgIpc) is 2.83. The molecule has 116 valence electrons. The maximum Gasteiger partial charge on any atom is 0.0772 e. The van der Waals surface area contributed by atoms with E-state index in [4.69, 9.17) is 5.73 Å². The Morgan fingerprint density at radius 3 is 2.57 bits per heavy atom. The van der Waals surface area contributed by atoms with Crippen LogP contribution in [-0.2, 0) is 0 Å². The van der Waals surface area contributed by atoms with E-state index in [-0.39, 0.29) is 6.04 Å². The number of nitrogens with one attached hydrogen (secondary N) is 1. The van der Waals surface area contributed by atoms with Gasteiger partial charge in [0.1, 0.15) is 0 Å². The third kappa shape index (κ3) is 3.15. The van der Waals surface area contributed by atoms with Crippen LogP contribution in [0.2, 0.25) is 0 Å². The molecule has 0 spiro atoms. The zero-order valence-corrected chi connectivity index (χ0v) is 13.0. The van der Waals surface area contributed by atoms with Crippen molar-refractivity contribution in [1.82, 2.24) is 5.32 Å². The van der Waals surface area contributed by atoms with Gasteiger partial charge in [-0.15, -0.1) is 0 Å². The normalized spacial score (nSPS) is 35.7. The van der Waals surface area contributed by atoms with Crippen LogP contribution in [0.25, 0.3) is 0 Å². The second-order valence-electron chi connectivity index (χ2n) is 6.98. The SMILES string of the molecule is CCC1CCC(O)(CNC2CC(N)c3ccccc32)CC1. The van der Waals surface area contributed by atoms with Crippen LogP contribution in [0.3, 0.4) is 0 Å². The summed E-state index contributed by atoms with van der Waals surface area (Å²) in [5, 5.41) is 14.3. The van der Waals surface area contributed by atoms with Crippen LogP contribution in [0, 0.1) is 5.92 Å². The molecule has 1 aromatic carbocycles. The van der Waals surface area contributed by atoms with Gasteiger partial charge < -0.3 is 16.2 Å². The quantitative estimate of drug-likeness (QED) is 0.798. The fourth-order valence-corrected chi connectivity index (χ4v) is 3.98. The number of hydrogen-bond donors (Lipinski definition) is 3. The lowest BCUT2D eigenvalue weighted by Gasteiger charge is -2.36. The Kier molecular flexibility index (Phi) is 4.34. The highest BCUT2D eigenvalue weighted by molar-refractivity contribution is 5.37. The molecule has 2 aliphatic carbocycles. The fourth-order valence-electron chi connectivity index (χ4n) is 3.98. The smallest absolute Gasteiger partial charge is 0.0772 e. The highest BCUT2D eigenvalue weighted by Crippen LogP contribution is 2.38. The highest BCUT2D eigenvalue weighted by Gasteiger charge is 2.35. The van der Waals surface area contributed by atoms with Crippen molar-refractivity contribution < 1.29 is 5.11 Å². The van der Waals surface area contributed by atoms with Gasteiger partial charge in [0.25, 0.3) is 0 Å². The van der Waals surface area contributed by atoms with Crippen molar-refractivity contribution >= 4 is 0 Å². The molecular weight excluding hydrogens is 260 g/mol. The van der Waals surface area contributed by atoms with Crippen molar-refractivity contribution in [3.63, 3.8) is 0 Å². The summed E-state index contributed by atoms with van der Waals surface area (Å²) >= 11 is 0. The summed E-state index contributed by atoms with van der Waals surface area (Å²) in [4.78, 5) is 0. The molecule has 2 unspecified atom stereocenters. The van der Waals surface area contributed by atoms with Gasteiger partial charge in [-0.2, -0.15) is 0 Å². The molecule has 3 heteroatoms. The molecule has 2 atom stereocenters. The van der Waals surface area contributed by atoms with Gasteiger partial charge in [-0.1, -0.05) is 37.6 Å². The number of hydrogen-bond acceptors (Lipinski definition) is 3. The predicted molar refractivity (Wildman–Crippen MR) is 85.9 cm³/mol. The number of aliphatic hydroxyl groups is 1. The first kappa shape index (κ1) is 15.0. The van der Waals surface area contributed by atoms with Crippen LogP contribution in [0.1, 0.15) is 68.7 Å². The number of rotatable bonds is 4. The lowest BCUT2D eigenvalue weighted by atomic mass is 9.77. The van der Waals surface area contributed by atoms with E-state index in [1.54, 1.807) is 0 Å². The van der Waals surface area contributed by atoms with Crippen molar-refractivity contribution in [3.05, 3.63) is 35.4 Å². The van der Waals surface area contributed by atoms with E-state index < -0.39 is 5.60 Å². The van der Waals surface area contributed by atoms with Crippen molar-refractivity contribution in [2.45, 2.75) is 63.1 Å². The topological polar surface area (TPSA) is 58.3 Å². The van der Waals surface area contributed by atoms with E-state index in [0.717, 1.165) is 38.0 Å². The molecule has 0 aliphatic heterocycles. The van der Waals surface area contributed by atoms with Gasteiger partial charge in [-0.25, -0.2) is 0 Å². The molecule has 0 aromatic heterocycles. The van der Waals surface area contributed by atoms with Gasteiger partial charge in [-0.05, 0) is 49.1 Å². The Hall–Kier alpha value is -0.900. The van der Waals surface area contributed by atoms with Gasteiger partial charge in [0.15, 0.2) is 0 Å². The average molecular weight is 288 g/mol. The van der Waals surface area contributed by atoms with Crippen molar-refractivity contribution in [1.29, 1.82) is 0 Å². The van der Waals surface area contributed by atoms with Gasteiger partial charge in [0, 0.05) is 18.6 Å². The minimum absolute atomic E-state index is 0.129. The third-order valence-electron chi connectivity index (χ3n) is 5.55. The Balaban J connectivity index is 1.59. The highest BCUT2D eigenvalue weighted by atomic mass is 16.3. The monoisotopic (exact) mass is 288 g/mol. The Morgan fingerprint density at radius 2 is 1.90 bits per heavy atom. The van der Waals surface area contributed by atoms with Gasteiger partial charge in [-0.3, -0.25) is 0 Å². The maximum atomic E-state index is 10.8.